The molecule has 2 aromatic rings. The van der Waals surface area contributed by atoms with E-state index in [2.05, 4.69) is 12.2 Å². The molecule has 0 radical (unpaired) electrons. The van der Waals surface area contributed by atoms with Crippen LogP contribution >= 0.6 is 0 Å². The van der Waals surface area contributed by atoms with Crippen molar-refractivity contribution in [1.29, 1.82) is 0 Å². The number of unbranched alkanes of at least 4 members (excludes halogenated alkanes) is 1. The van der Waals surface area contributed by atoms with Crippen LogP contribution in [-0.2, 0) is 6.42 Å². The van der Waals surface area contributed by atoms with Crippen LogP contribution in [0, 0.1) is 0 Å². The molecule has 2 N–H and O–H groups in total. The summed E-state index contributed by atoms with van der Waals surface area (Å²) in [5.41, 5.74) is 0.0898. The van der Waals surface area contributed by atoms with Gasteiger partial charge in [0.25, 0.3) is 5.91 Å². The molecule has 0 spiro atoms. The lowest BCUT2D eigenvalue weighted by Crippen LogP contribution is -2.41. The highest BCUT2D eigenvalue weighted by atomic mass is 16.5. The third-order valence-corrected chi connectivity index (χ3v) is 4.64. The summed E-state index contributed by atoms with van der Waals surface area (Å²) >= 11 is 0. The van der Waals surface area contributed by atoms with Crippen LogP contribution in [0.15, 0.2) is 30.3 Å². The van der Waals surface area contributed by atoms with Gasteiger partial charge < -0.3 is 15.2 Å². The number of hydrogen-bond donors (Lipinski definition) is 2. The van der Waals surface area contributed by atoms with E-state index in [-0.39, 0.29) is 11.4 Å². The monoisotopic (exact) mass is 371 g/mol. The van der Waals surface area contributed by atoms with Crippen LogP contribution < -0.4 is 10.1 Å². The number of rotatable bonds is 7. The normalized spacial score (nSPS) is 14.0. The molecule has 148 valence electrons. The molecule has 0 bridgehead atoms. The lowest BCUT2D eigenvalue weighted by Gasteiger charge is -2.27. The summed E-state index contributed by atoms with van der Waals surface area (Å²) in [7, 11) is 1.59. The molecule has 2 aromatic carbocycles. The molecule has 0 saturated carbocycles. The Hall–Kier alpha value is -2.07. The molecule has 0 aliphatic heterocycles. The molecule has 1 amide bonds. The number of amides is 1. The van der Waals surface area contributed by atoms with Gasteiger partial charge in [-0.15, -0.1) is 0 Å². The first kappa shape index (κ1) is 21.2. The minimum atomic E-state index is -0.875. The van der Waals surface area contributed by atoms with Gasteiger partial charge in [0.2, 0.25) is 0 Å². The van der Waals surface area contributed by atoms with Crippen molar-refractivity contribution < 1.29 is 14.6 Å². The molecule has 27 heavy (non-hydrogen) atoms. The number of benzene rings is 2. The van der Waals surface area contributed by atoms with E-state index >= 15 is 0 Å². The van der Waals surface area contributed by atoms with Gasteiger partial charge in [0, 0.05) is 17.3 Å². The van der Waals surface area contributed by atoms with E-state index in [4.69, 9.17) is 4.74 Å². The molecule has 2 rings (SSSR count). The highest BCUT2D eigenvalue weighted by Gasteiger charge is 2.28. The van der Waals surface area contributed by atoms with Crippen molar-refractivity contribution in [3.8, 4) is 5.75 Å². The molecule has 1 atom stereocenters. The van der Waals surface area contributed by atoms with Gasteiger partial charge in [-0.3, -0.25) is 4.79 Å². The summed E-state index contributed by atoms with van der Waals surface area (Å²) in [5.74, 6) is 0.391. The van der Waals surface area contributed by atoms with Crippen LogP contribution in [0.2, 0.25) is 0 Å². The van der Waals surface area contributed by atoms with Crippen molar-refractivity contribution >= 4 is 16.7 Å². The Labute approximate surface area is 162 Å². The first-order valence-corrected chi connectivity index (χ1v) is 9.71. The van der Waals surface area contributed by atoms with Crippen LogP contribution in [0.3, 0.4) is 0 Å². The van der Waals surface area contributed by atoms with E-state index in [1.165, 1.54) is 0 Å². The summed E-state index contributed by atoms with van der Waals surface area (Å²) in [6, 6.07) is 9.88. The van der Waals surface area contributed by atoms with Crippen LogP contribution in [0.1, 0.15) is 69.8 Å². The van der Waals surface area contributed by atoms with Crippen LogP contribution in [0.25, 0.3) is 10.8 Å². The van der Waals surface area contributed by atoms with Crippen molar-refractivity contribution in [2.24, 2.45) is 0 Å². The fourth-order valence-electron chi connectivity index (χ4n) is 3.43. The number of ether oxygens (including phenoxy) is 1. The zero-order chi connectivity index (χ0) is 20.2. The maximum atomic E-state index is 13.1. The lowest BCUT2D eigenvalue weighted by atomic mass is 9.87. The van der Waals surface area contributed by atoms with Crippen LogP contribution in [0.4, 0.5) is 0 Å². The Morgan fingerprint density at radius 1 is 1.19 bits per heavy atom. The largest absolute Gasteiger partial charge is 0.495 e. The smallest absolute Gasteiger partial charge is 0.255 e. The Morgan fingerprint density at radius 3 is 2.44 bits per heavy atom. The van der Waals surface area contributed by atoms with Gasteiger partial charge >= 0.3 is 0 Å². The average Bonchev–Trinajstić information content (AvgIpc) is 2.56. The Bertz CT molecular complexity index is 803. The standard InChI is InChI=1S/C23H33NO3/c1-7-8-13-23(5,26)15-17-14-16-11-9-10-12-18(16)20(27-6)19(17)21(25)24-22(2,3)4/h9-12,14,26H,7-8,13,15H2,1-6H3,(H,24,25). The zero-order valence-electron chi connectivity index (χ0n) is 17.5. The molecule has 0 aliphatic carbocycles. The third-order valence-electron chi connectivity index (χ3n) is 4.64. The Morgan fingerprint density at radius 2 is 1.85 bits per heavy atom. The number of nitrogens with one attached hydrogen (secondary N) is 1. The molecule has 0 heterocycles. The van der Waals surface area contributed by atoms with Gasteiger partial charge in [0.05, 0.1) is 18.3 Å². The minimum absolute atomic E-state index is 0.175. The summed E-state index contributed by atoms with van der Waals surface area (Å²) in [4.78, 5) is 13.1. The second-order valence-corrected chi connectivity index (χ2v) is 8.65. The number of carbonyl (C=O) groups excluding carboxylic acids is 1. The summed E-state index contributed by atoms with van der Waals surface area (Å²) < 4.78 is 5.69. The van der Waals surface area contributed by atoms with Crippen molar-refractivity contribution in [3.05, 3.63) is 41.5 Å². The first-order valence-electron chi connectivity index (χ1n) is 9.71. The van der Waals surface area contributed by atoms with Gasteiger partial charge in [-0.25, -0.2) is 0 Å². The summed E-state index contributed by atoms with van der Waals surface area (Å²) in [6.07, 6.45) is 3.07. The highest BCUT2D eigenvalue weighted by molar-refractivity contribution is 6.05. The Kier molecular flexibility index (Phi) is 6.53. The van der Waals surface area contributed by atoms with Crippen LogP contribution in [0.5, 0.6) is 5.75 Å². The van der Waals surface area contributed by atoms with E-state index in [9.17, 15) is 9.90 Å². The van der Waals surface area contributed by atoms with Gasteiger partial charge in [-0.05, 0) is 51.1 Å². The van der Waals surface area contributed by atoms with Crippen LogP contribution in [-0.4, -0.2) is 29.3 Å². The van der Waals surface area contributed by atoms with Crippen molar-refractivity contribution in [2.45, 2.75) is 71.4 Å². The SMILES string of the molecule is CCCCC(C)(O)Cc1cc2ccccc2c(OC)c1C(=O)NC(C)(C)C. The van der Waals surface area contributed by atoms with E-state index in [1.807, 2.05) is 58.0 Å². The lowest BCUT2D eigenvalue weighted by molar-refractivity contribution is 0.0487. The fraction of sp³-hybridized carbons (Fsp3) is 0.522. The zero-order valence-corrected chi connectivity index (χ0v) is 17.5. The van der Waals surface area contributed by atoms with E-state index in [0.29, 0.717) is 24.2 Å². The summed E-state index contributed by atoms with van der Waals surface area (Å²) in [6.45, 7) is 9.81. The summed E-state index contributed by atoms with van der Waals surface area (Å²) in [5, 5.41) is 15.8. The average molecular weight is 372 g/mol. The minimum Gasteiger partial charge on any atom is -0.495 e. The quantitative estimate of drug-likeness (QED) is 0.731. The second-order valence-electron chi connectivity index (χ2n) is 8.65. The molecular formula is C23H33NO3. The highest BCUT2D eigenvalue weighted by Crippen LogP contribution is 2.35. The molecule has 4 nitrogen and oxygen atoms in total. The topological polar surface area (TPSA) is 58.6 Å². The first-order chi connectivity index (χ1) is 12.6. The number of methoxy groups -OCH3 is 1. The fourth-order valence-corrected chi connectivity index (χ4v) is 3.43. The van der Waals surface area contributed by atoms with Gasteiger partial charge in [0.1, 0.15) is 5.75 Å². The van der Waals surface area contributed by atoms with E-state index in [1.54, 1.807) is 7.11 Å². The number of fused-ring (bicyclic) bond motifs is 1. The number of aliphatic hydroxyl groups is 1. The predicted octanol–water partition coefficient (Wildman–Crippen LogP) is 4.86. The van der Waals surface area contributed by atoms with Crippen molar-refractivity contribution in [3.63, 3.8) is 0 Å². The van der Waals surface area contributed by atoms with Crippen molar-refractivity contribution in [1.82, 2.24) is 5.32 Å². The van der Waals surface area contributed by atoms with Gasteiger partial charge in [-0.2, -0.15) is 0 Å². The number of carbonyl (C=O) groups is 1. The Balaban J connectivity index is 2.62. The third kappa shape index (κ3) is 5.46. The van der Waals surface area contributed by atoms with Crippen molar-refractivity contribution in [2.75, 3.05) is 7.11 Å². The van der Waals surface area contributed by atoms with Gasteiger partial charge in [-0.1, -0.05) is 44.0 Å². The van der Waals surface area contributed by atoms with Gasteiger partial charge in [0.15, 0.2) is 0 Å². The maximum Gasteiger partial charge on any atom is 0.255 e. The molecule has 0 aromatic heterocycles. The second kappa shape index (κ2) is 8.30. The van der Waals surface area contributed by atoms with E-state index < -0.39 is 5.60 Å². The van der Waals surface area contributed by atoms with E-state index in [0.717, 1.165) is 29.2 Å². The molecule has 0 aliphatic rings. The molecule has 0 saturated heterocycles. The molecule has 0 fully saturated rings. The number of hydrogen-bond acceptors (Lipinski definition) is 3. The predicted molar refractivity (Wildman–Crippen MR) is 112 cm³/mol. The molecular weight excluding hydrogens is 338 g/mol. The maximum absolute atomic E-state index is 13.1. The molecule has 4 heteroatoms. The molecule has 1 unspecified atom stereocenters.